The Kier molecular flexibility index (Phi) is 4.72. The average Bonchev–Trinajstić information content (AvgIpc) is 2.28. The zero-order valence-electron chi connectivity index (χ0n) is 10.8. The number of carbonyl (C=O) groups excluding carboxylic acids is 1. The van der Waals surface area contributed by atoms with E-state index in [1.165, 1.54) is 16.1 Å². The molecule has 0 fully saturated rings. The van der Waals surface area contributed by atoms with Crippen LogP contribution in [0, 0.1) is 0 Å². The van der Waals surface area contributed by atoms with E-state index in [-0.39, 0.29) is 12.5 Å². The fourth-order valence-electron chi connectivity index (χ4n) is 1.48. The van der Waals surface area contributed by atoms with E-state index >= 15 is 0 Å². The highest BCUT2D eigenvalue weighted by Crippen LogP contribution is 2.16. The van der Waals surface area contributed by atoms with E-state index < -0.39 is 10.0 Å². The van der Waals surface area contributed by atoms with E-state index in [1.54, 1.807) is 31.3 Å². The summed E-state index contributed by atoms with van der Waals surface area (Å²) in [6.45, 7) is 2.06. The number of para-hydroxylation sites is 1. The Bertz CT molecular complexity index is 499. The molecule has 0 radical (unpaired) electrons. The van der Waals surface area contributed by atoms with Crippen molar-refractivity contribution in [2.75, 3.05) is 30.7 Å². The fourth-order valence-corrected chi connectivity index (χ4v) is 2.40. The number of benzene rings is 1. The molecule has 6 heteroatoms. The molecule has 1 rings (SSSR count). The molecule has 1 aromatic carbocycles. The Morgan fingerprint density at radius 3 is 2.17 bits per heavy atom. The van der Waals surface area contributed by atoms with Crippen molar-refractivity contribution in [2.45, 2.75) is 6.92 Å². The molecule has 0 aliphatic rings. The van der Waals surface area contributed by atoms with Crippen LogP contribution in [0.2, 0.25) is 0 Å². The first kappa shape index (κ1) is 14.5. The number of carbonyl (C=O) groups is 1. The molecule has 0 N–H and O–H groups in total. The maximum atomic E-state index is 11.7. The molecule has 0 heterocycles. The third-order valence-corrected chi connectivity index (χ3v) is 3.81. The van der Waals surface area contributed by atoms with Gasteiger partial charge in [-0.3, -0.25) is 9.10 Å². The van der Waals surface area contributed by atoms with Gasteiger partial charge in [-0.1, -0.05) is 18.2 Å². The van der Waals surface area contributed by atoms with Gasteiger partial charge in [-0.25, -0.2) is 8.42 Å². The largest absolute Gasteiger partial charge is 0.344 e. The Morgan fingerprint density at radius 1 is 1.17 bits per heavy atom. The van der Waals surface area contributed by atoms with Crippen molar-refractivity contribution in [2.24, 2.45) is 0 Å². The van der Waals surface area contributed by atoms with Crippen molar-refractivity contribution in [1.29, 1.82) is 0 Å². The molecule has 0 aliphatic heterocycles. The van der Waals surface area contributed by atoms with Gasteiger partial charge in [0.25, 0.3) is 0 Å². The van der Waals surface area contributed by atoms with Gasteiger partial charge in [-0.2, -0.15) is 0 Å². The molecule has 0 aliphatic carbocycles. The summed E-state index contributed by atoms with van der Waals surface area (Å²) >= 11 is 0. The Morgan fingerprint density at radius 2 is 1.72 bits per heavy atom. The standard InChI is InChI=1S/C12H18N2O3S/c1-11(15)13(2)9-10-14(18(3,16)17)12-7-5-4-6-8-12/h4-8H,9-10H2,1-3H3. The van der Waals surface area contributed by atoms with Crippen LogP contribution in [0.5, 0.6) is 0 Å². The summed E-state index contributed by atoms with van der Waals surface area (Å²) in [7, 11) is -1.70. The number of nitrogens with zero attached hydrogens (tertiary/aromatic N) is 2. The van der Waals surface area contributed by atoms with Crippen LogP contribution >= 0.6 is 0 Å². The maximum Gasteiger partial charge on any atom is 0.232 e. The topological polar surface area (TPSA) is 57.7 Å². The van der Waals surface area contributed by atoms with Crippen molar-refractivity contribution in [1.82, 2.24) is 4.90 Å². The second-order valence-electron chi connectivity index (χ2n) is 4.11. The number of amides is 1. The fraction of sp³-hybridized carbons (Fsp3) is 0.417. The number of likely N-dealkylation sites (N-methyl/N-ethyl adjacent to an activating group) is 1. The number of anilines is 1. The average molecular weight is 270 g/mol. The van der Waals surface area contributed by atoms with E-state index in [0.29, 0.717) is 12.2 Å². The van der Waals surface area contributed by atoms with E-state index in [4.69, 9.17) is 0 Å². The monoisotopic (exact) mass is 270 g/mol. The lowest BCUT2D eigenvalue weighted by Gasteiger charge is -2.25. The predicted octanol–water partition coefficient (Wildman–Crippen LogP) is 0.931. The molecule has 1 aromatic rings. The summed E-state index contributed by atoms with van der Waals surface area (Å²) < 4.78 is 24.8. The summed E-state index contributed by atoms with van der Waals surface area (Å²) in [5, 5.41) is 0. The van der Waals surface area contributed by atoms with Gasteiger partial charge in [-0.05, 0) is 12.1 Å². The molecule has 1 amide bonds. The summed E-state index contributed by atoms with van der Waals surface area (Å²) in [5.74, 6) is -0.0866. The lowest BCUT2D eigenvalue weighted by Crippen LogP contribution is -2.38. The molecule has 0 saturated heterocycles. The van der Waals surface area contributed by atoms with Crippen molar-refractivity contribution in [3.8, 4) is 0 Å². The molecular formula is C12H18N2O3S. The van der Waals surface area contributed by atoms with Crippen LogP contribution < -0.4 is 4.31 Å². The Hall–Kier alpha value is -1.56. The van der Waals surface area contributed by atoms with Gasteiger partial charge in [0.1, 0.15) is 0 Å². The van der Waals surface area contributed by atoms with Crippen LogP contribution in [0.1, 0.15) is 6.92 Å². The minimum atomic E-state index is -3.34. The quantitative estimate of drug-likeness (QED) is 0.800. The highest BCUT2D eigenvalue weighted by molar-refractivity contribution is 7.92. The zero-order valence-corrected chi connectivity index (χ0v) is 11.6. The lowest BCUT2D eigenvalue weighted by atomic mass is 10.3. The third kappa shape index (κ3) is 4.03. The smallest absolute Gasteiger partial charge is 0.232 e. The molecule has 0 spiro atoms. The van der Waals surface area contributed by atoms with E-state index in [0.717, 1.165) is 6.26 Å². The van der Waals surface area contributed by atoms with Crippen LogP contribution in [0.25, 0.3) is 0 Å². The van der Waals surface area contributed by atoms with Crippen LogP contribution in [0.3, 0.4) is 0 Å². The van der Waals surface area contributed by atoms with Gasteiger partial charge in [0.05, 0.1) is 18.5 Å². The van der Waals surface area contributed by atoms with Gasteiger partial charge in [-0.15, -0.1) is 0 Å². The minimum Gasteiger partial charge on any atom is -0.344 e. The molecule has 0 aromatic heterocycles. The SMILES string of the molecule is CC(=O)N(C)CCN(c1ccccc1)S(C)(=O)=O. The van der Waals surface area contributed by atoms with Gasteiger partial charge in [0.15, 0.2) is 0 Å². The van der Waals surface area contributed by atoms with Gasteiger partial charge >= 0.3 is 0 Å². The van der Waals surface area contributed by atoms with Crippen molar-refractivity contribution in [3.63, 3.8) is 0 Å². The number of sulfonamides is 1. The van der Waals surface area contributed by atoms with E-state index in [9.17, 15) is 13.2 Å². The highest BCUT2D eigenvalue weighted by atomic mass is 32.2. The first-order valence-electron chi connectivity index (χ1n) is 5.57. The van der Waals surface area contributed by atoms with Crippen LogP contribution in [-0.4, -0.2) is 45.6 Å². The van der Waals surface area contributed by atoms with Crippen LogP contribution in [0.15, 0.2) is 30.3 Å². The van der Waals surface area contributed by atoms with Crippen molar-refractivity contribution >= 4 is 21.6 Å². The van der Waals surface area contributed by atoms with Gasteiger partial charge < -0.3 is 4.90 Å². The molecular weight excluding hydrogens is 252 g/mol. The molecule has 5 nitrogen and oxygen atoms in total. The lowest BCUT2D eigenvalue weighted by molar-refractivity contribution is -0.127. The molecule has 0 bridgehead atoms. The molecule has 0 saturated carbocycles. The Labute approximate surface area is 108 Å². The second-order valence-corrected chi connectivity index (χ2v) is 6.02. The van der Waals surface area contributed by atoms with Crippen LogP contribution in [0.4, 0.5) is 5.69 Å². The summed E-state index contributed by atoms with van der Waals surface area (Å²) in [5.41, 5.74) is 0.608. The molecule has 100 valence electrons. The second kappa shape index (κ2) is 5.86. The summed E-state index contributed by atoms with van der Waals surface area (Å²) in [4.78, 5) is 12.6. The highest BCUT2D eigenvalue weighted by Gasteiger charge is 2.17. The van der Waals surface area contributed by atoms with Crippen LogP contribution in [-0.2, 0) is 14.8 Å². The molecule has 0 unspecified atom stereocenters. The first-order chi connectivity index (χ1) is 8.32. The minimum absolute atomic E-state index is 0.0866. The molecule has 0 atom stereocenters. The normalized spacial score (nSPS) is 11.1. The zero-order chi connectivity index (χ0) is 13.8. The number of rotatable bonds is 5. The predicted molar refractivity (Wildman–Crippen MR) is 71.9 cm³/mol. The summed E-state index contributed by atoms with van der Waals surface area (Å²) in [6, 6.07) is 8.85. The first-order valence-corrected chi connectivity index (χ1v) is 7.41. The number of hydrogen-bond acceptors (Lipinski definition) is 3. The molecule has 18 heavy (non-hydrogen) atoms. The van der Waals surface area contributed by atoms with Crippen molar-refractivity contribution < 1.29 is 13.2 Å². The Balaban J connectivity index is 2.86. The third-order valence-electron chi connectivity index (χ3n) is 2.62. The van der Waals surface area contributed by atoms with Gasteiger partial charge in [0.2, 0.25) is 15.9 Å². The summed E-state index contributed by atoms with van der Waals surface area (Å²) in [6.07, 6.45) is 1.16. The van der Waals surface area contributed by atoms with E-state index in [2.05, 4.69) is 0 Å². The van der Waals surface area contributed by atoms with Crippen molar-refractivity contribution in [3.05, 3.63) is 30.3 Å². The number of hydrogen-bond donors (Lipinski definition) is 0. The van der Waals surface area contributed by atoms with E-state index in [1.807, 2.05) is 6.07 Å². The van der Waals surface area contributed by atoms with Gasteiger partial charge in [0, 0.05) is 20.5 Å². The maximum absolute atomic E-state index is 11.7.